The van der Waals surface area contributed by atoms with E-state index in [4.69, 9.17) is 10.5 Å². The summed E-state index contributed by atoms with van der Waals surface area (Å²) in [6, 6.07) is 10.2. The van der Waals surface area contributed by atoms with Gasteiger partial charge in [-0.25, -0.2) is 19.2 Å². The fourth-order valence-electron chi connectivity index (χ4n) is 4.92. The van der Waals surface area contributed by atoms with Gasteiger partial charge in [-0.1, -0.05) is 6.07 Å². The van der Waals surface area contributed by atoms with Gasteiger partial charge in [0, 0.05) is 18.0 Å². The lowest BCUT2D eigenvalue weighted by atomic mass is 9.81. The van der Waals surface area contributed by atoms with Crippen LogP contribution in [-0.4, -0.2) is 56.7 Å². The van der Waals surface area contributed by atoms with E-state index in [1.807, 2.05) is 0 Å². The number of hydrogen-bond donors (Lipinski definition) is 3. The number of benzene rings is 2. The van der Waals surface area contributed by atoms with E-state index in [-0.39, 0.29) is 18.2 Å². The van der Waals surface area contributed by atoms with E-state index in [1.54, 1.807) is 57.2 Å². The Morgan fingerprint density at radius 1 is 1.14 bits per heavy atom. The topological polar surface area (TPSA) is 156 Å². The summed E-state index contributed by atoms with van der Waals surface area (Å²) >= 11 is 3.13. The van der Waals surface area contributed by atoms with Crippen LogP contribution in [-0.2, 0) is 20.7 Å². The molecule has 42 heavy (non-hydrogen) atoms. The van der Waals surface area contributed by atoms with Crippen molar-refractivity contribution in [1.29, 1.82) is 0 Å². The van der Waals surface area contributed by atoms with Crippen molar-refractivity contribution in [2.45, 2.75) is 64.5 Å². The van der Waals surface area contributed by atoms with Crippen molar-refractivity contribution in [1.82, 2.24) is 25.9 Å². The number of carbonyl (C=O) groups excluding carboxylic acids is 3. The number of imide groups is 1. The van der Waals surface area contributed by atoms with Crippen LogP contribution in [0.2, 0.25) is 0 Å². The highest BCUT2D eigenvalue weighted by Gasteiger charge is 2.35. The largest absolute Gasteiger partial charge is 0.444 e. The molecule has 1 atom stereocenters. The lowest BCUT2D eigenvalue weighted by Crippen LogP contribution is -2.50. The number of H-pyrrole nitrogens is 1. The zero-order valence-corrected chi connectivity index (χ0v) is 25.4. The first-order valence-electron chi connectivity index (χ1n) is 13.8. The molecule has 3 aromatic rings. The van der Waals surface area contributed by atoms with Gasteiger partial charge in [-0.15, -0.1) is 5.10 Å². The smallest absolute Gasteiger partial charge is 0.407 e. The quantitative estimate of drug-likeness (QED) is 0.323. The molecule has 0 bridgehead atoms. The Morgan fingerprint density at radius 3 is 2.43 bits per heavy atom. The maximum Gasteiger partial charge on any atom is 0.407 e. The Hall–Kier alpha value is -3.71. The molecule has 224 valence electrons. The van der Waals surface area contributed by atoms with Gasteiger partial charge in [0.1, 0.15) is 11.4 Å². The summed E-state index contributed by atoms with van der Waals surface area (Å²) in [6.45, 7) is 5.86. The van der Waals surface area contributed by atoms with Gasteiger partial charge in [0.2, 0.25) is 5.91 Å². The van der Waals surface area contributed by atoms with E-state index in [9.17, 15) is 18.8 Å². The minimum absolute atomic E-state index is 0.0533. The molecule has 1 saturated carbocycles. The number of hydrogen-bond acceptors (Lipinski definition) is 8. The minimum Gasteiger partial charge on any atom is -0.444 e. The summed E-state index contributed by atoms with van der Waals surface area (Å²) in [6.07, 6.45) is 2.10. The molecule has 3 amide bonds. The van der Waals surface area contributed by atoms with Crippen LogP contribution < -0.4 is 16.0 Å². The number of anilines is 1. The fourth-order valence-corrected chi connectivity index (χ4v) is 5.17. The van der Waals surface area contributed by atoms with Crippen molar-refractivity contribution in [2.24, 2.45) is 17.6 Å². The third-order valence-electron chi connectivity index (χ3n) is 7.07. The van der Waals surface area contributed by atoms with Gasteiger partial charge in [0.15, 0.2) is 5.82 Å². The fraction of sp³-hybridized carbons (Fsp3) is 0.448. The summed E-state index contributed by atoms with van der Waals surface area (Å²) in [5, 5.41) is 16.5. The normalized spacial score (nSPS) is 17.8. The van der Waals surface area contributed by atoms with Gasteiger partial charge in [0.05, 0.1) is 16.2 Å². The molecule has 0 aliphatic heterocycles. The molecule has 0 saturated heterocycles. The average Bonchev–Trinajstić information content (AvgIpc) is 3.49. The predicted octanol–water partition coefficient (Wildman–Crippen LogP) is 4.53. The highest BCUT2D eigenvalue weighted by molar-refractivity contribution is 9.10. The van der Waals surface area contributed by atoms with Crippen molar-refractivity contribution >= 4 is 39.5 Å². The first-order valence-corrected chi connectivity index (χ1v) is 14.6. The predicted molar refractivity (Wildman–Crippen MR) is 158 cm³/mol. The molecule has 4 N–H and O–H groups in total. The molecule has 2 aromatic carbocycles. The Labute approximate surface area is 251 Å². The van der Waals surface area contributed by atoms with E-state index < -0.39 is 35.4 Å². The summed E-state index contributed by atoms with van der Waals surface area (Å²) < 4.78 is 19.7. The molecular weight excluding hydrogens is 609 g/mol. The van der Waals surface area contributed by atoms with Gasteiger partial charge in [-0.3, -0.25) is 9.59 Å². The Kier molecular flexibility index (Phi) is 10.0. The van der Waals surface area contributed by atoms with Crippen LogP contribution in [0.5, 0.6) is 0 Å². The molecular formula is C29H35BrFN7O4. The number of rotatable bonds is 8. The Balaban J connectivity index is 1.47. The summed E-state index contributed by atoms with van der Waals surface area (Å²) in [4.78, 5) is 40.8. The molecule has 1 fully saturated rings. The SMILES string of the molecule is CC(C)(C)OC(=O)NC[C@H]1CC[C@H](C(=O)N(C(=O)[C@@H](N)Cc2ccc(Br)c(F)c2)c2ccc(-c3nnn[nH]3)cc2)CC1. The van der Waals surface area contributed by atoms with Crippen LogP contribution in [0, 0.1) is 17.7 Å². The summed E-state index contributed by atoms with van der Waals surface area (Å²) in [5.74, 6) is -1.15. The van der Waals surface area contributed by atoms with E-state index in [0.29, 0.717) is 59.3 Å². The maximum absolute atomic E-state index is 14.1. The number of amides is 3. The highest BCUT2D eigenvalue weighted by atomic mass is 79.9. The molecule has 4 rings (SSSR count). The number of nitrogens with zero attached hydrogens (tertiary/aromatic N) is 4. The number of carbonyl (C=O) groups is 3. The maximum atomic E-state index is 14.1. The standard InChI is InChI=1S/C29H35BrFN7O4/c1-29(2,3)42-28(41)33-16-17-4-7-20(8-5-17)26(39)38(21-11-9-19(10-12-21)25-34-36-37-35-25)27(40)24(32)15-18-6-13-22(30)23(31)14-18/h6,9-14,17,20,24H,4-5,7-8,15-16,32H2,1-3H3,(H,33,41)(H,34,35,36,37)/t17-,20-,24-/m0/s1. The zero-order chi connectivity index (χ0) is 30.4. The number of aromatic amines is 1. The number of nitrogens with one attached hydrogen (secondary N) is 2. The first kappa shape index (κ1) is 31.2. The van der Waals surface area contributed by atoms with Gasteiger partial charge in [0.25, 0.3) is 5.91 Å². The van der Waals surface area contributed by atoms with Crippen LogP contribution in [0.4, 0.5) is 14.9 Å². The van der Waals surface area contributed by atoms with Crippen LogP contribution in [0.15, 0.2) is 46.9 Å². The second-order valence-corrected chi connectivity index (χ2v) is 12.3. The number of ether oxygens (including phenoxy) is 1. The Morgan fingerprint density at radius 2 is 1.83 bits per heavy atom. The monoisotopic (exact) mass is 643 g/mol. The van der Waals surface area contributed by atoms with E-state index in [1.165, 1.54) is 6.07 Å². The summed E-state index contributed by atoms with van der Waals surface area (Å²) in [7, 11) is 0. The van der Waals surface area contributed by atoms with Gasteiger partial charge in [-0.2, -0.15) is 0 Å². The average molecular weight is 645 g/mol. The van der Waals surface area contributed by atoms with Crippen molar-refractivity contribution < 1.29 is 23.5 Å². The van der Waals surface area contributed by atoms with Crippen molar-refractivity contribution in [3.8, 4) is 11.4 Å². The number of nitrogens with two attached hydrogens (primary N) is 1. The van der Waals surface area contributed by atoms with Crippen molar-refractivity contribution in [3.05, 3.63) is 58.3 Å². The molecule has 1 aliphatic carbocycles. The molecule has 13 heteroatoms. The third-order valence-corrected chi connectivity index (χ3v) is 7.71. The molecule has 0 spiro atoms. The number of alkyl carbamates (subject to hydrolysis) is 1. The highest BCUT2D eigenvalue weighted by Crippen LogP contribution is 2.32. The van der Waals surface area contributed by atoms with Gasteiger partial charge in [-0.05, 0) is 127 Å². The number of aromatic nitrogens is 4. The van der Waals surface area contributed by atoms with Gasteiger partial charge < -0.3 is 15.8 Å². The van der Waals surface area contributed by atoms with Crippen LogP contribution in [0.1, 0.15) is 52.0 Å². The van der Waals surface area contributed by atoms with E-state index in [2.05, 4.69) is 41.9 Å². The molecule has 11 nitrogen and oxygen atoms in total. The van der Waals surface area contributed by atoms with Crippen LogP contribution in [0.3, 0.4) is 0 Å². The molecule has 1 aromatic heterocycles. The first-order chi connectivity index (χ1) is 19.9. The lowest BCUT2D eigenvalue weighted by Gasteiger charge is -2.32. The van der Waals surface area contributed by atoms with Crippen LogP contribution in [0.25, 0.3) is 11.4 Å². The Bertz CT molecular complexity index is 1390. The molecule has 0 radical (unpaired) electrons. The van der Waals surface area contributed by atoms with E-state index >= 15 is 0 Å². The van der Waals surface area contributed by atoms with E-state index in [0.717, 1.165) is 4.90 Å². The lowest BCUT2D eigenvalue weighted by molar-refractivity contribution is -0.130. The minimum atomic E-state index is -1.08. The summed E-state index contributed by atoms with van der Waals surface area (Å²) in [5.41, 5.74) is 7.32. The second kappa shape index (κ2) is 13.5. The zero-order valence-electron chi connectivity index (χ0n) is 23.8. The van der Waals surface area contributed by atoms with Crippen molar-refractivity contribution in [2.75, 3.05) is 11.4 Å². The molecule has 0 unspecified atom stereocenters. The van der Waals surface area contributed by atoms with Gasteiger partial charge >= 0.3 is 6.09 Å². The van der Waals surface area contributed by atoms with Crippen LogP contribution >= 0.6 is 15.9 Å². The molecule has 1 aliphatic rings. The van der Waals surface area contributed by atoms with Crippen molar-refractivity contribution in [3.63, 3.8) is 0 Å². The third kappa shape index (κ3) is 8.19. The number of halogens is 2. The second-order valence-electron chi connectivity index (χ2n) is 11.5. The number of tetrazole rings is 1. The molecule has 1 heterocycles.